The number of hydrogen-bond acceptors (Lipinski definition) is 4. The number of nitrogens with two attached hydrogens (primary N) is 1. The van der Waals surface area contributed by atoms with Gasteiger partial charge in [0.05, 0.1) is 12.1 Å². The van der Waals surface area contributed by atoms with Crippen molar-refractivity contribution in [2.24, 2.45) is 5.92 Å². The van der Waals surface area contributed by atoms with E-state index >= 15 is 0 Å². The largest absolute Gasteiger partial charge is 0.411 e. The van der Waals surface area contributed by atoms with E-state index in [-0.39, 0.29) is 31.3 Å². The van der Waals surface area contributed by atoms with Crippen molar-refractivity contribution >= 4 is 11.6 Å². The molecule has 33 heavy (non-hydrogen) atoms. The number of nitrogens with zero attached hydrogens (tertiary/aromatic N) is 4. The van der Waals surface area contributed by atoms with Crippen molar-refractivity contribution < 1.29 is 13.8 Å². The second-order valence-corrected chi connectivity index (χ2v) is 8.85. The maximum absolute atomic E-state index is 13.7. The van der Waals surface area contributed by atoms with Crippen LogP contribution in [0.5, 0.6) is 0 Å². The molecule has 1 aromatic carbocycles. The molecule has 1 atom stereocenters. The summed E-state index contributed by atoms with van der Waals surface area (Å²) < 4.78 is 30.0. The number of aromatic nitrogens is 5. The van der Waals surface area contributed by atoms with E-state index in [0.717, 1.165) is 28.2 Å². The summed E-state index contributed by atoms with van der Waals surface area (Å²) in [6, 6.07) is 13.5. The Bertz CT molecular complexity index is 1390. The van der Waals surface area contributed by atoms with Crippen LogP contribution in [0.15, 0.2) is 47.3 Å². The first-order chi connectivity index (χ1) is 15.7. The van der Waals surface area contributed by atoms with Crippen LogP contribution in [0, 0.1) is 19.8 Å². The Kier molecular flexibility index (Phi) is 4.99. The zero-order valence-corrected chi connectivity index (χ0v) is 18.5. The van der Waals surface area contributed by atoms with Crippen molar-refractivity contribution in [2.75, 3.05) is 5.73 Å². The number of halogens is 2. The van der Waals surface area contributed by atoms with Gasteiger partial charge in [-0.15, -0.1) is 9.50 Å². The smallest absolute Gasteiger partial charge is 0.290 e. The summed E-state index contributed by atoms with van der Waals surface area (Å²) >= 11 is 0. The van der Waals surface area contributed by atoms with Crippen LogP contribution in [0.4, 0.5) is 14.7 Å². The summed E-state index contributed by atoms with van der Waals surface area (Å²) in [5.41, 5.74) is 11.0. The van der Waals surface area contributed by atoms with Gasteiger partial charge < -0.3 is 0 Å². The highest BCUT2D eigenvalue weighted by atomic mass is 19.3. The normalized spacial score (nSPS) is 17.6. The lowest BCUT2D eigenvalue weighted by molar-refractivity contribution is -0.351. The van der Waals surface area contributed by atoms with Gasteiger partial charge in [0, 0.05) is 29.8 Å². The highest BCUT2D eigenvalue weighted by molar-refractivity contribution is 5.88. The third-order valence-corrected chi connectivity index (χ3v) is 6.18. The Morgan fingerprint density at radius 1 is 1.15 bits per heavy atom. The Balaban J connectivity index is 1.75. The van der Waals surface area contributed by atoms with Gasteiger partial charge >= 0.3 is 11.6 Å². The van der Waals surface area contributed by atoms with E-state index in [0.29, 0.717) is 17.6 Å². The fraction of sp³-hybridized carbons (Fsp3) is 0.333. The molecule has 7 nitrogen and oxygen atoms in total. The van der Waals surface area contributed by atoms with Crippen molar-refractivity contribution in [1.29, 1.82) is 0 Å². The van der Waals surface area contributed by atoms with E-state index in [9.17, 15) is 13.6 Å². The number of benzene rings is 1. The molecule has 4 aromatic rings. The first kappa shape index (κ1) is 21.2. The van der Waals surface area contributed by atoms with Crippen LogP contribution in [-0.2, 0) is 6.54 Å². The van der Waals surface area contributed by atoms with Crippen molar-refractivity contribution in [1.82, 2.24) is 19.2 Å². The summed E-state index contributed by atoms with van der Waals surface area (Å²) in [5.74, 6) is -2.86. The molecule has 0 bridgehead atoms. The topological polar surface area (TPSA) is 92.3 Å². The van der Waals surface area contributed by atoms with Gasteiger partial charge in [0.1, 0.15) is 5.69 Å². The van der Waals surface area contributed by atoms with Gasteiger partial charge in [-0.3, -0.25) is 10.7 Å². The van der Waals surface area contributed by atoms with E-state index in [1.54, 1.807) is 0 Å². The predicted molar refractivity (Wildman–Crippen MR) is 121 cm³/mol. The van der Waals surface area contributed by atoms with Crippen molar-refractivity contribution in [3.63, 3.8) is 0 Å². The molecule has 0 amide bonds. The molecular formula is C24H25F2N6O+. The molecule has 1 aliphatic carbocycles. The van der Waals surface area contributed by atoms with Crippen LogP contribution in [0.1, 0.15) is 30.7 Å². The average molecular weight is 452 g/mol. The molecule has 3 aromatic heterocycles. The fourth-order valence-electron chi connectivity index (χ4n) is 4.78. The van der Waals surface area contributed by atoms with Gasteiger partial charge in [0.25, 0.3) is 0 Å². The lowest BCUT2D eigenvalue weighted by atomic mass is 9.99. The third kappa shape index (κ3) is 3.88. The molecule has 170 valence electrons. The fourth-order valence-corrected chi connectivity index (χ4v) is 4.78. The number of H-pyrrole nitrogens is 1. The number of nitrogen functional groups attached to an aromatic ring is 1. The molecule has 1 unspecified atom stereocenters. The summed E-state index contributed by atoms with van der Waals surface area (Å²) in [6.07, 6.45) is -0.0335. The van der Waals surface area contributed by atoms with E-state index < -0.39 is 11.6 Å². The van der Waals surface area contributed by atoms with Crippen LogP contribution in [0.3, 0.4) is 0 Å². The minimum Gasteiger partial charge on any atom is -0.290 e. The average Bonchev–Trinajstić information content (AvgIpc) is 3.27. The van der Waals surface area contributed by atoms with Gasteiger partial charge in [-0.25, -0.2) is 18.6 Å². The number of hydrogen-bond donors (Lipinski definition) is 1. The van der Waals surface area contributed by atoms with Crippen molar-refractivity contribution in [2.45, 2.75) is 45.6 Å². The zero-order chi connectivity index (χ0) is 23.3. The molecule has 1 saturated carbocycles. The maximum Gasteiger partial charge on any atom is 0.411 e. The third-order valence-electron chi connectivity index (χ3n) is 6.18. The monoisotopic (exact) mass is 451 g/mol. The number of alkyl halides is 2. The molecular weight excluding hydrogens is 426 g/mol. The molecule has 9 heteroatoms. The van der Waals surface area contributed by atoms with Gasteiger partial charge in [-0.2, -0.15) is 4.68 Å². The Hall–Kier alpha value is -3.62. The summed E-state index contributed by atoms with van der Waals surface area (Å²) in [6.45, 7) is 3.94. The lowest BCUT2D eigenvalue weighted by Crippen LogP contribution is -2.29. The van der Waals surface area contributed by atoms with Crippen molar-refractivity contribution in [3.8, 4) is 22.4 Å². The standard InChI is InChI=1S/C24H24F2N6O/c1-14-10-18(11-15(2)28-14)19-20(17-6-4-3-5-7-17)29-22(27)32-21(19)30-31(23(32)33)13-16-8-9-24(25,26)12-16/h3-7,10-11,16H,8-9,12-13H2,1-2H3,(H2,27,29)/p+1. The number of rotatable bonds is 4. The second kappa shape index (κ2) is 7.75. The molecule has 3 heterocycles. The summed E-state index contributed by atoms with van der Waals surface area (Å²) in [4.78, 5) is 20.9. The van der Waals surface area contributed by atoms with Crippen LogP contribution < -0.4 is 16.4 Å². The van der Waals surface area contributed by atoms with E-state index in [2.05, 4.69) is 15.1 Å². The van der Waals surface area contributed by atoms with Gasteiger partial charge in [-0.1, -0.05) is 30.3 Å². The van der Waals surface area contributed by atoms with Crippen LogP contribution >= 0.6 is 0 Å². The molecule has 0 saturated heterocycles. The minimum atomic E-state index is -2.68. The quantitative estimate of drug-likeness (QED) is 0.512. The maximum atomic E-state index is 13.7. The van der Waals surface area contributed by atoms with Crippen LogP contribution in [0.25, 0.3) is 28.0 Å². The number of fused-ring (bicyclic) bond motifs is 1. The minimum absolute atomic E-state index is 0.128. The van der Waals surface area contributed by atoms with E-state index in [4.69, 9.17) is 5.73 Å². The number of aromatic amines is 1. The molecule has 5 rings (SSSR count). The van der Waals surface area contributed by atoms with E-state index in [1.165, 1.54) is 9.08 Å². The van der Waals surface area contributed by atoms with Crippen LogP contribution in [-0.4, -0.2) is 25.1 Å². The van der Waals surface area contributed by atoms with Crippen molar-refractivity contribution in [3.05, 3.63) is 64.3 Å². The predicted octanol–water partition coefficient (Wildman–Crippen LogP) is 3.67. The Morgan fingerprint density at radius 2 is 1.85 bits per heavy atom. The highest BCUT2D eigenvalue weighted by Crippen LogP contribution is 2.39. The van der Waals surface area contributed by atoms with Gasteiger partial charge in [-0.05, 0) is 43.9 Å². The first-order valence-corrected chi connectivity index (χ1v) is 10.9. The van der Waals surface area contributed by atoms with Gasteiger partial charge in [0.15, 0.2) is 0 Å². The van der Waals surface area contributed by atoms with Gasteiger partial charge in [0.2, 0.25) is 11.6 Å². The number of aryl methyl sites for hydroxylation is 2. The number of anilines is 1. The second-order valence-electron chi connectivity index (χ2n) is 8.85. The molecule has 3 N–H and O–H groups in total. The summed E-state index contributed by atoms with van der Waals surface area (Å²) in [5, 5.41) is 4.61. The molecule has 0 aliphatic heterocycles. The summed E-state index contributed by atoms with van der Waals surface area (Å²) in [7, 11) is 0. The van der Waals surface area contributed by atoms with Crippen LogP contribution in [0.2, 0.25) is 0 Å². The van der Waals surface area contributed by atoms with E-state index in [1.807, 2.05) is 56.3 Å². The lowest BCUT2D eigenvalue weighted by Gasteiger charge is -2.10. The zero-order valence-electron chi connectivity index (χ0n) is 18.5. The Labute approximate surface area is 188 Å². The first-order valence-electron chi connectivity index (χ1n) is 10.9. The highest BCUT2D eigenvalue weighted by Gasteiger charge is 2.40. The molecule has 1 fully saturated rings. The number of pyridine rings is 1. The Morgan fingerprint density at radius 3 is 2.48 bits per heavy atom. The molecule has 0 spiro atoms. The number of nitrogens with one attached hydrogen (secondary N) is 1. The molecule has 1 aliphatic rings. The molecule has 0 radical (unpaired) electrons. The SMILES string of the molecule is Cc1cc(-c2c(-c3ccccc3)[nH+]c(N)n3c(=O)n(CC4CCC(F)(F)C4)nc23)cc(C)n1.